The first-order valence-corrected chi connectivity index (χ1v) is 38.6. The minimum Gasteiger partial charge on any atom is -0.756 e. The van der Waals surface area contributed by atoms with Crippen LogP contribution in [0.5, 0.6) is 0 Å². The summed E-state index contributed by atoms with van der Waals surface area (Å²) in [5.41, 5.74) is 0. The van der Waals surface area contributed by atoms with Crippen LogP contribution in [-0.2, 0) is 32.7 Å². The monoisotopic (exact) mass is 1320 g/mol. The van der Waals surface area contributed by atoms with E-state index < -0.39 is 32.5 Å². The number of hydrogen-bond donors (Lipinski definition) is 0. The van der Waals surface area contributed by atoms with Crippen molar-refractivity contribution >= 4 is 19.8 Å². The van der Waals surface area contributed by atoms with Gasteiger partial charge >= 0.3 is 11.9 Å². The van der Waals surface area contributed by atoms with Crippen LogP contribution in [0.25, 0.3) is 0 Å². The molecule has 0 fully saturated rings. The Hall–Kier alpha value is -5.15. The first kappa shape index (κ1) is 88.8. The van der Waals surface area contributed by atoms with Gasteiger partial charge in [0.25, 0.3) is 7.82 Å². The summed E-state index contributed by atoms with van der Waals surface area (Å²) in [7, 11) is 1.14. The Morgan fingerprint density at radius 3 is 0.851 bits per heavy atom. The Balaban J connectivity index is 4.12. The molecule has 0 saturated heterocycles. The van der Waals surface area contributed by atoms with E-state index in [0.29, 0.717) is 23.9 Å². The third kappa shape index (κ3) is 75.9. The van der Waals surface area contributed by atoms with Gasteiger partial charge in [-0.2, -0.15) is 0 Å². The quantitative estimate of drug-likeness (QED) is 0.0195. The van der Waals surface area contributed by atoms with Crippen molar-refractivity contribution in [2.75, 3.05) is 47.5 Å². The zero-order chi connectivity index (χ0) is 68.3. The maximum atomic E-state index is 12.9. The maximum Gasteiger partial charge on any atom is 0.306 e. The highest BCUT2D eigenvalue weighted by atomic mass is 31.2. The van der Waals surface area contributed by atoms with Crippen molar-refractivity contribution < 1.29 is 42.1 Å². The van der Waals surface area contributed by atoms with Crippen LogP contribution in [0.2, 0.25) is 0 Å². The van der Waals surface area contributed by atoms with E-state index in [4.69, 9.17) is 18.5 Å². The number of likely N-dealkylation sites (N-methyl/N-ethyl adjacent to an activating group) is 1. The molecule has 0 N–H and O–H groups in total. The predicted molar refractivity (Wildman–Crippen MR) is 406 cm³/mol. The molecule has 0 aliphatic carbocycles. The molecule has 0 aliphatic rings. The van der Waals surface area contributed by atoms with E-state index in [-0.39, 0.29) is 26.1 Å². The van der Waals surface area contributed by atoms with E-state index in [1.807, 2.05) is 21.1 Å². The van der Waals surface area contributed by atoms with Crippen molar-refractivity contribution in [3.63, 3.8) is 0 Å². The molecular weight excluding hydrogens is 1180 g/mol. The SMILES string of the molecule is CC/C=C\C/C=C\C/C=C\C/C=C\C/C=C\C/C=C\C/C=C\C/C=C\C/C=C\CCCCCCCCCCCCCC(=O)OC(COC(=O)CCCCCCCCCCC/C=C\C/C=C\C/C=C\C/C=C\C/C=C\C/C=C\C/C=C\CC)COP(=O)([O-])OCC[N+](C)(C)C. The van der Waals surface area contributed by atoms with E-state index in [1.54, 1.807) is 0 Å². The fourth-order valence-corrected chi connectivity index (χ4v) is 10.2. The van der Waals surface area contributed by atoms with Crippen LogP contribution in [0, 0.1) is 0 Å². The lowest BCUT2D eigenvalue weighted by Gasteiger charge is -2.28. The number of unbranched alkanes of at least 4 members (excludes halogenated alkanes) is 20. The van der Waals surface area contributed by atoms with E-state index in [1.165, 1.54) is 77.0 Å². The third-order valence-electron chi connectivity index (χ3n) is 15.1. The van der Waals surface area contributed by atoms with Gasteiger partial charge in [-0.15, -0.1) is 0 Å². The summed E-state index contributed by atoms with van der Waals surface area (Å²) in [4.78, 5) is 38.1. The lowest BCUT2D eigenvalue weighted by molar-refractivity contribution is -0.870. The molecule has 0 saturated carbocycles. The number of quaternary nitrogens is 1. The fraction of sp³-hybridized carbons (Fsp3) is 0.595. The second kappa shape index (κ2) is 72.1. The Kier molecular flexibility index (Phi) is 68.2. The molecule has 530 valence electrons. The number of esters is 2. The minimum absolute atomic E-state index is 0.0420. The number of carbonyl (C=O) groups excluding carboxylic acids is 2. The zero-order valence-corrected chi connectivity index (χ0v) is 61.2. The van der Waals surface area contributed by atoms with E-state index in [9.17, 15) is 19.0 Å². The van der Waals surface area contributed by atoms with Gasteiger partial charge in [0.15, 0.2) is 6.10 Å². The van der Waals surface area contributed by atoms with Crippen molar-refractivity contribution in [2.45, 2.75) is 277 Å². The van der Waals surface area contributed by atoms with E-state index >= 15 is 0 Å². The van der Waals surface area contributed by atoms with Crippen LogP contribution < -0.4 is 4.89 Å². The number of rotatable bonds is 66. The molecule has 2 atom stereocenters. The van der Waals surface area contributed by atoms with Gasteiger partial charge in [0.2, 0.25) is 0 Å². The number of phosphoric ester groups is 1. The molecular formula is C84H136NO8P. The van der Waals surface area contributed by atoms with E-state index in [2.05, 4.69) is 208 Å². The lowest BCUT2D eigenvalue weighted by Crippen LogP contribution is -2.37. The summed E-state index contributed by atoms with van der Waals surface area (Å²) in [6.07, 6.45) is 112. The number of hydrogen-bond acceptors (Lipinski definition) is 8. The van der Waals surface area contributed by atoms with Crippen molar-refractivity contribution in [3.8, 4) is 0 Å². The number of carbonyl (C=O) groups is 2. The summed E-state index contributed by atoms with van der Waals surface area (Å²) in [5, 5.41) is 0. The molecule has 0 radical (unpaired) electrons. The molecule has 0 spiro atoms. The predicted octanol–water partition coefficient (Wildman–Crippen LogP) is 24.2. The van der Waals surface area contributed by atoms with Crippen molar-refractivity contribution in [2.24, 2.45) is 0 Å². The molecule has 0 bridgehead atoms. The first-order valence-electron chi connectivity index (χ1n) is 37.1. The van der Waals surface area contributed by atoms with Gasteiger partial charge in [-0.3, -0.25) is 14.2 Å². The molecule has 0 rings (SSSR count). The van der Waals surface area contributed by atoms with Crippen LogP contribution in [0.4, 0.5) is 0 Å². The highest BCUT2D eigenvalue weighted by Crippen LogP contribution is 2.38. The van der Waals surface area contributed by atoms with Gasteiger partial charge in [-0.05, 0) is 141 Å². The van der Waals surface area contributed by atoms with Gasteiger partial charge in [0.05, 0.1) is 27.7 Å². The van der Waals surface area contributed by atoms with Crippen molar-refractivity contribution in [1.29, 1.82) is 0 Å². The summed E-state index contributed by atoms with van der Waals surface area (Å²) in [5.74, 6) is -0.853. The van der Waals surface area contributed by atoms with Gasteiger partial charge < -0.3 is 27.9 Å². The molecule has 0 amide bonds. The van der Waals surface area contributed by atoms with E-state index in [0.717, 1.165) is 154 Å². The van der Waals surface area contributed by atoms with Crippen LogP contribution in [0.15, 0.2) is 194 Å². The maximum absolute atomic E-state index is 12.9. The average Bonchev–Trinajstić information content (AvgIpc) is 1.56. The molecule has 0 heterocycles. The average molecular weight is 1320 g/mol. The number of ether oxygens (including phenoxy) is 2. The third-order valence-corrected chi connectivity index (χ3v) is 16.1. The number of nitrogens with zero attached hydrogens (tertiary/aromatic N) is 1. The molecule has 10 heteroatoms. The molecule has 94 heavy (non-hydrogen) atoms. The molecule has 9 nitrogen and oxygen atoms in total. The van der Waals surface area contributed by atoms with Gasteiger partial charge in [0, 0.05) is 12.8 Å². The highest BCUT2D eigenvalue weighted by Gasteiger charge is 2.22. The summed E-state index contributed by atoms with van der Waals surface area (Å²) < 4.78 is 34.3. The molecule has 0 aromatic heterocycles. The summed E-state index contributed by atoms with van der Waals surface area (Å²) >= 11 is 0. The minimum atomic E-state index is -4.66. The second-order valence-electron chi connectivity index (χ2n) is 25.2. The standard InChI is InChI=1S/C84H136NO8P/c1-6-8-10-12-14-16-18-20-22-24-26-28-30-32-34-36-38-39-40-41-42-43-44-45-47-49-51-53-55-57-59-61-63-65-67-69-71-73-75-77-84(87)93-82(81-92-94(88,89)91-79-78-85(3,4)5)80-90-83(86)76-74-72-70-68-66-64-62-60-58-56-54-52-50-48-46-37-35-33-31-29-27-25-23-21-19-17-15-13-11-9-7-2/h8-11,14-17,20-23,26-29,32-35,38-39,41-42,44-46,48-49,51-52,54,82H,6-7,12-13,18-19,24-25,30-31,36-37,40,43,47,50,53,55-81H2,1-5H3/b10-8-,11-9-,16-14-,17-15-,22-20-,23-21-,28-26-,29-27-,34-32-,35-33-,39-38-,42-41-,45-44-,48-46-,51-49-,54-52-. The Morgan fingerprint density at radius 2 is 0.574 bits per heavy atom. The topological polar surface area (TPSA) is 111 Å². The smallest absolute Gasteiger partial charge is 0.306 e. The van der Waals surface area contributed by atoms with Crippen LogP contribution in [0.1, 0.15) is 271 Å². The normalized spacial score (nSPS) is 14.2. The van der Waals surface area contributed by atoms with Crippen molar-refractivity contribution in [3.05, 3.63) is 194 Å². The van der Waals surface area contributed by atoms with Crippen LogP contribution in [-0.4, -0.2) is 70.0 Å². The Labute approximate surface area is 577 Å². The Bertz CT molecular complexity index is 2290. The van der Waals surface area contributed by atoms with Gasteiger partial charge in [-0.25, -0.2) is 0 Å². The molecule has 2 unspecified atom stereocenters. The van der Waals surface area contributed by atoms with Crippen LogP contribution >= 0.6 is 7.82 Å². The molecule has 0 aromatic carbocycles. The van der Waals surface area contributed by atoms with Crippen LogP contribution in [0.3, 0.4) is 0 Å². The second-order valence-corrected chi connectivity index (χ2v) is 26.6. The molecule has 0 aromatic rings. The van der Waals surface area contributed by atoms with Crippen molar-refractivity contribution in [1.82, 2.24) is 0 Å². The van der Waals surface area contributed by atoms with Gasteiger partial charge in [-0.1, -0.05) is 311 Å². The zero-order valence-electron chi connectivity index (χ0n) is 60.3. The first-order chi connectivity index (χ1) is 46.0. The largest absolute Gasteiger partial charge is 0.756 e. The molecule has 0 aliphatic heterocycles. The highest BCUT2D eigenvalue weighted by molar-refractivity contribution is 7.45. The summed E-state index contributed by atoms with van der Waals surface area (Å²) in [6.45, 7) is 3.99. The summed E-state index contributed by atoms with van der Waals surface area (Å²) in [6, 6.07) is 0. The Morgan fingerprint density at radius 1 is 0.330 bits per heavy atom. The number of allylic oxidation sites excluding steroid dienone is 32. The lowest BCUT2D eigenvalue weighted by atomic mass is 10.0. The number of phosphoric acid groups is 1. The fourth-order valence-electron chi connectivity index (χ4n) is 9.51. The van der Waals surface area contributed by atoms with Gasteiger partial charge in [0.1, 0.15) is 19.8 Å².